The average Bonchev–Trinajstić information content (AvgIpc) is 3.33. The predicted molar refractivity (Wildman–Crippen MR) is 164 cm³/mol. The van der Waals surface area contributed by atoms with E-state index in [9.17, 15) is 4.39 Å². The SMILES string of the molecule is CC/C=C(/N=C1\C2=C(C)N(Cc3ccc(OC)cc3)CCC2=NN1Cc1ccccc1)NCCc1ccc(F)cc1. The minimum atomic E-state index is -0.215. The van der Waals surface area contributed by atoms with Crippen LogP contribution in [0.1, 0.15) is 43.4 Å². The average molecular weight is 552 g/mol. The molecular formula is C34H38FN5O. The van der Waals surface area contributed by atoms with Gasteiger partial charge in [0.2, 0.25) is 0 Å². The summed E-state index contributed by atoms with van der Waals surface area (Å²) < 4.78 is 18.7. The largest absolute Gasteiger partial charge is 0.497 e. The first-order chi connectivity index (χ1) is 20.0. The van der Waals surface area contributed by atoms with Gasteiger partial charge in [0.05, 0.1) is 24.9 Å². The Kier molecular flexibility index (Phi) is 9.14. The molecule has 6 nitrogen and oxygen atoms in total. The van der Waals surface area contributed by atoms with E-state index in [0.717, 1.165) is 66.6 Å². The third kappa shape index (κ3) is 7.04. The van der Waals surface area contributed by atoms with E-state index in [-0.39, 0.29) is 5.82 Å². The third-order valence-corrected chi connectivity index (χ3v) is 7.42. The van der Waals surface area contributed by atoms with Crippen LogP contribution in [-0.4, -0.2) is 41.7 Å². The van der Waals surface area contributed by atoms with Crippen molar-refractivity contribution < 1.29 is 9.13 Å². The zero-order valence-corrected chi connectivity index (χ0v) is 24.1. The number of ether oxygens (including phenoxy) is 1. The Bertz CT molecular complexity index is 1440. The highest BCUT2D eigenvalue weighted by Gasteiger charge is 2.34. The molecule has 0 amide bonds. The van der Waals surface area contributed by atoms with E-state index in [1.165, 1.54) is 29.0 Å². The Labute approximate surface area is 242 Å². The van der Waals surface area contributed by atoms with Crippen molar-refractivity contribution in [3.05, 3.63) is 125 Å². The number of allylic oxidation sites excluding steroid dienone is 2. The topological polar surface area (TPSA) is 52.5 Å². The van der Waals surface area contributed by atoms with E-state index in [1.54, 1.807) is 7.11 Å². The van der Waals surface area contributed by atoms with Crippen LogP contribution in [0.2, 0.25) is 0 Å². The van der Waals surface area contributed by atoms with Crippen molar-refractivity contribution in [1.29, 1.82) is 0 Å². The molecule has 0 radical (unpaired) electrons. The van der Waals surface area contributed by atoms with Crippen LogP contribution >= 0.6 is 0 Å². The van der Waals surface area contributed by atoms with E-state index in [2.05, 4.69) is 66.5 Å². The molecular weight excluding hydrogens is 513 g/mol. The van der Waals surface area contributed by atoms with Gasteiger partial charge in [0.1, 0.15) is 17.4 Å². The molecule has 7 heteroatoms. The molecule has 2 aliphatic heterocycles. The van der Waals surface area contributed by atoms with Gasteiger partial charge in [-0.2, -0.15) is 5.10 Å². The second-order valence-corrected chi connectivity index (χ2v) is 10.3. The monoisotopic (exact) mass is 551 g/mol. The number of hydrogen-bond donors (Lipinski definition) is 1. The van der Waals surface area contributed by atoms with Gasteiger partial charge in [-0.1, -0.05) is 61.5 Å². The van der Waals surface area contributed by atoms with E-state index < -0.39 is 0 Å². The number of aliphatic imine (C=N–C) groups is 1. The normalized spacial score (nSPS) is 16.2. The first-order valence-electron chi connectivity index (χ1n) is 14.3. The fraction of sp³-hybridized carbons (Fsp3) is 0.294. The summed E-state index contributed by atoms with van der Waals surface area (Å²) >= 11 is 0. The maximum absolute atomic E-state index is 13.3. The first kappa shape index (κ1) is 28.1. The Balaban J connectivity index is 1.42. The summed E-state index contributed by atoms with van der Waals surface area (Å²) in [5, 5.41) is 10.6. The zero-order valence-electron chi connectivity index (χ0n) is 24.1. The van der Waals surface area contributed by atoms with Gasteiger partial charge >= 0.3 is 0 Å². The van der Waals surface area contributed by atoms with Gasteiger partial charge in [-0.15, -0.1) is 0 Å². The molecule has 0 unspecified atom stereocenters. The summed E-state index contributed by atoms with van der Waals surface area (Å²) in [5.41, 5.74) is 6.88. The van der Waals surface area contributed by atoms with E-state index >= 15 is 0 Å². The molecule has 0 aromatic heterocycles. The molecule has 0 saturated heterocycles. The quantitative estimate of drug-likeness (QED) is 0.289. The molecule has 0 fully saturated rings. The van der Waals surface area contributed by atoms with Crippen LogP contribution in [0, 0.1) is 5.82 Å². The Morgan fingerprint density at radius 3 is 2.39 bits per heavy atom. The number of hydrogen-bond acceptors (Lipinski definition) is 5. The van der Waals surface area contributed by atoms with E-state index in [1.807, 2.05) is 35.3 Å². The lowest BCUT2D eigenvalue weighted by atomic mass is 9.99. The van der Waals surface area contributed by atoms with Crippen LogP contribution in [-0.2, 0) is 19.5 Å². The summed E-state index contributed by atoms with van der Waals surface area (Å²) in [7, 11) is 1.69. The molecule has 5 rings (SSSR count). The standard InChI is InChI=1S/C34H38FN5O/c1-4-8-32(36-21-19-26-11-15-29(35)16-12-26)37-34-33-25(2)39(23-28-13-17-30(41-3)18-14-28)22-20-31(33)38-40(34)24-27-9-6-5-7-10-27/h5-18,36H,4,19-24H2,1-3H3/b32-8+,37-34+. The van der Waals surface area contributed by atoms with Crippen molar-refractivity contribution in [2.75, 3.05) is 20.2 Å². The number of rotatable bonds is 11. The van der Waals surface area contributed by atoms with Crippen LogP contribution < -0.4 is 10.1 Å². The lowest BCUT2D eigenvalue weighted by Gasteiger charge is -2.31. The molecule has 0 saturated carbocycles. The second-order valence-electron chi connectivity index (χ2n) is 10.3. The molecule has 41 heavy (non-hydrogen) atoms. The highest BCUT2D eigenvalue weighted by molar-refractivity contribution is 6.27. The summed E-state index contributed by atoms with van der Waals surface area (Å²) in [6, 6.07) is 25.4. The predicted octanol–water partition coefficient (Wildman–Crippen LogP) is 6.67. The fourth-order valence-electron chi connectivity index (χ4n) is 5.19. The molecule has 0 bridgehead atoms. The molecule has 1 N–H and O–H groups in total. The van der Waals surface area contributed by atoms with Gasteiger partial charge in [-0.05, 0) is 66.8 Å². The van der Waals surface area contributed by atoms with Crippen molar-refractivity contribution in [3.8, 4) is 5.75 Å². The number of fused-ring (bicyclic) bond motifs is 1. The smallest absolute Gasteiger partial charge is 0.162 e. The molecule has 3 aromatic carbocycles. The van der Waals surface area contributed by atoms with Crippen LogP contribution in [0.4, 0.5) is 4.39 Å². The van der Waals surface area contributed by atoms with Crippen LogP contribution in [0.25, 0.3) is 0 Å². The number of methoxy groups -OCH3 is 1. The third-order valence-electron chi connectivity index (χ3n) is 7.42. The Hall–Kier alpha value is -4.39. The second kappa shape index (κ2) is 13.3. The minimum absolute atomic E-state index is 0.215. The first-order valence-corrected chi connectivity index (χ1v) is 14.3. The summed E-state index contributed by atoms with van der Waals surface area (Å²) in [6.45, 7) is 7.35. The van der Waals surface area contributed by atoms with Crippen molar-refractivity contribution in [3.63, 3.8) is 0 Å². The molecule has 0 aliphatic carbocycles. The van der Waals surface area contributed by atoms with Crippen molar-refractivity contribution >= 4 is 11.5 Å². The Morgan fingerprint density at radius 2 is 1.68 bits per heavy atom. The molecule has 0 spiro atoms. The summed E-state index contributed by atoms with van der Waals surface area (Å²) in [6.07, 6.45) is 4.60. The van der Waals surface area contributed by atoms with Gasteiger partial charge in [0.25, 0.3) is 0 Å². The van der Waals surface area contributed by atoms with Crippen molar-refractivity contribution in [1.82, 2.24) is 15.2 Å². The van der Waals surface area contributed by atoms with E-state index in [0.29, 0.717) is 13.1 Å². The van der Waals surface area contributed by atoms with Gasteiger partial charge in [-0.3, -0.25) is 0 Å². The number of halogens is 1. The number of nitrogens with one attached hydrogen (secondary N) is 1. The highest BCUT2D eigenvalue weighted by atomic mass is 19.1. The van der Waals surface area contributed by atoms with Gasteiger partial charge in [0.15, 0.2) is 5.84 Å². The lowest BCUT2D eigenvalue weighted by molar-refractivity contribution is 0.340. The van der Waals surface area contributed by atoms with Crippen molar-refractivity contribution in [2.45, 2.75) is 46.2 Å². The minimum Gasteiger partial charge on any atom is -0.497 e. The number of nitrogens with zero attached hydrogens (tertiary/aromatic N) is 4. The molecule has 2 heterocycles. The summed E-state index contributed by atoms with van der Waals surface area (Å²) in [5.74, 6) is 2.34. The number of hydrazone groups is 1. The maximum Gasteiger partial charge on any atom is 0.162 e. The number of benzene rings is 3. The molecule has 3 aromatic rings. The van der Waals surface area contributed by atoms with Gasteiger partial charge in [-0.25, -0.2) is 14.4 Å². The van der Waals surface area contributed by atoms with Gasteiger partial charge in [0, 0.05) is 31.8 Å². The Morgan fingerprint density at radius 1 is 0.976 bits per heavy atom. The number of amidine groups is 1. The zero-order chi connectivity index (χ0) is 28.6. The molecule has 2 aliphatic rings. The molecule has 0 atom stereocenters. The van der Waals surface area contributed by atoms with E-state index in [4.69, 9.17) is 14.8 Å². The van der Waals surface area contributed by atoms with Crippen LogP contribution in [0.5, 0.6) is 5.75 Å². The lowest BCUT2D eigenvalue weighted by Crippen LogP contribution is -2.33. The van der Waals surface area contributed by atoms with Crippen LogP contribution in [0.3, 0.4) is 0 Å². The van der Waals surface area contributed by atoms with Crippen molar-refractivity contribution in [2.24, 2.45) is 10.1 Å². The van der Waals surface area contributed by atoms with Crippen LogP contribution in [0.15, 0.2) is 112 Å². The van der Waals surface area contributed by atoms with Gasteiger partial charge < -0.3 is 15.0 Å². The summed E-state index contributed by atoms with van der Waals surface area (Å²) in [4.78, 5) is 7.62. The molecule has 212 valence electrons. The maximum atomic E-state index is 13.3. The fourth-order valence-corrected chi connectivity index (χ4v) is 5.19. The highest BCUT2D eigenvalue weighted by Crippen LogP contribution is 2.31.